The van der Waals surface area contributed by atoms with Gasteiger partial charge in [0.15, 0.2) is 0 Å². The topological polar surface area (TPSA) is 43.1 Å². The molecule has 0 fully saturated rings. The van der Waals surface area contributed by atoms with Crippen molar-refractivity contribution in [2.75, 3.05) is 0 Å². The Bertz CT molecular complexity index is 542. The van der Waals surface area contributed by atoms with E-state index in [1.165, 1.54) is 23.9 Å². The molecular formula is C12H8ClNO2S. The molecular weight excluding hydrogens is 258 g/mol. The number of halogens is 1. The van der Waals surface area contributed by atoms with Gasteiger partial charge in [0.25, 0.3) is 5.69 Å². The van der Waals surface area contributed by atoms with Crippen LogP contribution in [0.4, 0.5) is 5.69 Å². The summed E-state index contributed by atoms with van der Waals surface area (Å²) in [4.78, 5) is 12.0. The Labute approximate surface area is 108 Å². The number of hydrogen-bond acceptors (Lipinski definition) is 3. The van der Waals surface area contributed by atoms with Gasteiger partial charge in [0.1, 0.15) is 0 Å². The van der Waals surface area contributed by atoms with Crippen LogP contribution in [-0.4, -0.2) is 4.92 Å². The zero-order valence-corrected chi connectivity index (χ0v) is 10.2. The van der Waals surface area contributed by atoms with Crippen LogP contribution in [-0.2, 0) is 0 Å². The molecule has 0 aromatic heterocycles. The second-order valence-electron chi connectivity index (χ2n) is 3.31. The normalized spacial score (nSPS) is 10.2. The van der Waals surface area contributed by atoms with E-state index in [-0.39, 0.29) is 5.69 Å². The fraction of sp³-hybridized carbons (Fsp3) is 0. The van der Waals surface area contributed by atoms with Crippen molar-refractivity contribution in [3.8, 4) is 0 Å². The van der Waals surface area contributed by atoms with E-state index in [1.54, 1.807) is 18.2 Å². The average Bonchev–Trinajstić information content (AvgIpc) is 2.29. The zero-order valence-electron chi connectivity index (χ0n) is 8.67. The summed E-state index contributed by atoms with van der Waals surface area (Å²) in [6.07, 6.45) is 0. The van der Waals surface area contributed by atoms with E-state index < -0.39 is 4.92 Å². The molecule has 0 bridgehead atoms. The first-order valence-corrected chi connectivity index (χ1v) is 6.02. The standard InChI is InChI=1S/C12H8ClNO2S/c13-9-2-1-3-12(8-9)17-11-6-4-10(5-7-11)14(15)16/h1-8H. The minimum Gasteiger partial charge on any atom is -0.258 e. The summed E-state index contributed by atoms with van der Waals surface area (Å²) in [5, 5.41) is 11.2. The summed E-state index contributed by atoms with van der Waals surface area (Å²) in [6, 6.07) is 13.9. The summed E-state index contributed by atoms with van der Waals surface area (Å²) < 4.78 is 0. The number of nitro groups is 1. The molecule has 0 saturated carbocycles. The van der Waals surface area contributed by atoms with E-state index in [0.29, 0.717) is 5.02 Å². The van der Waals surface area contributed by atoms with Gasteiger partial charge in [-0.2, -0.15) is 0 Å². The van der Waals surface area contributed by atoms with Gasteiger partial charge >= 0.3 is 0 Å². The molecule has 0 aliphatic heterocycles. The summed E-state index contributed by atoms with van der Waals surface area (Å²) in [7, 11) is 0. The van der Waals surface area contributed by atoms with Crippen LogP contribution in [0.3, 0.4) is 0 Å². The molecule has 5 heteroatoms. The summed E-state index contributed by atoms with van der Waals surface area (Å²) in [5.74, 6) is 0. The fourth-order valence-electron chi connectivity index (χ4n) is 1.30. The molecule has 0 heterocycles. The van der Waals surface area contributed by atoms with Crippen LogP contribution in [0, 0.1) is 10.1 Å². The predicted molar refractivity (Wildman–Crippen MR) is 68.7 cm³/mol. The SMILES string of the molecule is O=[N+]([O-])c1ccc(Sc2cccc(Cl)c2)cc1. The van der Waals surface area contributed by atoms with Crippen LogP contribution in [0.25, 0.3) is 0 Å². The Morgan fingerprint density at radius 3 is 2.35 bits per heavy atom. The lowest BCUT2D eigenvalue weighted by Crippen LogP contribution is -1.86. The predicted octanol–water partition coefficient (Wildman–Crippen LogP) is 4.40. The van der Waals surface area contributed by atoms with Gasteiger partial charge in [-0.25, -0.2) is 0 Å². The van der Waals surface area contributed by atoms with E-state index in [0.717, 1.165) is 9.79 Å². The smallest absolute Gasteiger partial charge is 0.258 e. The number of hydrogen-bond donors (Lipinski definition) is 0. The largest absolute Gasteiger partial charge is 0.269 e. The number of nitrogens with zero attached hydrogens (tertiary/aromatic N) is 1. The van der Waals surface area contributed by atoms with Crippen LogP contribution in [0.15, 0.2) is 58.3 Å². The minimum absolute atomic E-state index is 0.0976. The van der Waals surface area contributed by atoms with Gasteiger partial charge in [0.2, 0.25) is 0 Å². The Balaban J connectivity index is 2.16. The van der Waals surface area contributed by atoms with Gasteiger partial charge in [-0.1, -0.05) is 29.4 Å². The maximum absolute atomic E-state index is 10.5. The van der Waals surface area contributed by atoms with Crippen molar-refractivity contribution >= 4 is 29.1 Å². The van der Waals surface area contributed by atoms with Gasteiger partial charge in [0, 0.05) is 26.9 Å². The Hall–Kier alpha value is -1.52. The monoisotopic (exact) mass is 265 g/mol. The quantitative estimate of drug-likeness (QED) is 0.610. The Morgan fingerprint density at radius 2 is 1.76 bits per heavy atom. The lowest BCUT2D eigenvalue weighted by Gasteiger charge is -2.01. The van der Waals surface area contributed by atoms with Gasteiger partial charge in [-0.15, -0.1) is 0 Å². The first-order valence-electron chi connectivity index (χ1n) is 4.83. The van der Waals surface area contributed by atoms with Crippen LogP contribution in [0.1, 0.15) is 0 Å². The third-order valence-corrected chi connectivity index (χ3v) is 3.31. The molecule has 0 spiro atoms. The van der Waals surface area contributed by atoms with E-state index in [2.05, 4.69) is 0 Å². The highest BCUT2D eigenvalue weighted by Gasteiger charge is 2.04. The molecule has 17 heavy (non-hydrogen) atoms. The number of benzene rings is 2. The highest BCUT2D eigenvalue weighted by atomic mass is 35.5. The van der Waals surface area contributed by atoms with E-state index in [4.69, 9.17) is 11.6 Å². The first-order chi connectivity index (χ1) is 8.15. The Morgan fingerprint density at radius 1 is 1.06 bits per heavy atom. The molecule has 2 aromatic rings. The number of nitro benzene ring substituents is 1. The van der Waals surface area contributed by atoms with E-state index >= 15 is 0 Å². The van der Waals surface area contributed by atoms with Crippen LogP contribution in [0.2, 0.25) is 5.02 Å². The summed E-state index contributed by atoms with van der Waals surface area (Å²) in [6.45, 7) is 0. The highest BCUT2D eigenvalue weighted by Crippen LogP contribution is 2.30. The molecule has 0 aliphatic rings. The van der Waals surface area contributed by atoms with Crippen LogP contribution >= 0.6 is 23.4 Å². The highest BCUT2D eigenvalue weighted by molar-refractivity contribution is 7.99. The average molecular weight is 266 g/mol. The zero-order chi connectivity index (χ0) is 12.3. The lowest BCUT2D eigenvalue weighted by molar-refractivity contribution is -0.384. The third-order valence-electron chi connectivity index (χ3n) is 2.08. The molecule has 0 N–H and O–H groups in total. The molecule has 3 nitrogen and oxygen atoms in total. The van der Waals surface area contributed by atoms with Gasteiger partial charge < -0.3 is 0 Å². The van der Waals surface area contributed by atoms with Crippen LogP contribution in [0.5, 0.6) is 0 Å². The van der Waals surface area contributed by atoms with Crippen molar-refractivity contribution in [2.45, 2.75) is 9.79 Å². The number of non-ortho nitro benzene ring substituents is 1. The summed E-state index contributed by atoms with van der Waals surface area (Å²) in [5.41, 5.74) is 0.0976. The van der Waals surface area contributed by atoms with E-state index in [1.807, 2.05) is 18.2 Å². The third kappa shape index (κ3) is 3.22. The van der Waals surface area contributed by atoms with Gasteiger partial charge in [-0.3, -0.25) is 10.1 Å². The minimum atomic E-state index is -0.409. The molecule has 0 saturated heterocycles. The van der Waals surface area contributed by atoms with Crippen molar-refractivity contribution in [1.82, 2.24) is 0 Å². The van der Waals surface area contributed by atoms with Crippen molar-refractivity contribution in [1.29, 1.82) is 0 Å². The molecule has 2 rings (SSSR count). The second-order valence-corrected chi connectivity index (χ2v) is 4.89. The van der Waals surface area contributed by atoms with Crippen molar-refractivity contribution in [3.05, 3.63) is 63.7 Å². The molecule has 0 unspecified atom stereocenters. The van der Waals surface area contributed by atoms with Crippen molar-refractivity contribution in [2.24, 2.45) is 0 Å². The van der Waals surface area contributed by atoms with E-state index in [9.17, 15) is 10.1 Å². The first kappa shape index (κ1) is 12.0. The molecule has 0 atom stereocenters. The lowest BCUT2D eigenvalue weighted by atomic mass is 10.3. The van der Waals surface area contributed by atoms with Crippen LogP contribution < -0.4 is 0 Å². The summed E-state index contributed by atoms with van der Waals surface area (Å²) >= 11 is 7.39. The molecule has 2 aromatic carbocycles. The van der Waals surface area contributed by atoms with Crippen molar-refractivity contribution in [3.63, 3.8) is 0 Å². The van der Waals surface area contributed by atoms with Gasteiger partial charge in [0.05, 0.1) is 4.92 Å². The van der Waals surface area contributed by atoms with Crippen molar-refractivity contribution < 1.29 is 4.92 Å². The Kier molecular flexibility index (Phi) is 3.66. The maximum atomic E-state index is 10.5. The fourth-order valence-corrected chi connectivity index (χ4v) is 2.43. The molecule has 86 valence electrons. The molecule has 0 radical (unpaired) electrons. The maximum Gasteiger partial charge on any atom is 0.269 e. The number of rotatable bonds is 3. The second kappa shape index (κ2) is 5.21. The molecule has 0 aliphatic carbocycles. The molecule has 0 amide bonds. The van der Waals surface area contributed by atoms with Gasteiger partial charge in [-0.05, 0) is 30.3 Å².